The number of hydrogen-bond acceptors (Lipinski definition) is 2. The predicted molar refractivity (Wildman–Crippen MR) is 75.4 cm³/mol. The van der Waals surface area contributed by atoms with Gasteiger partial charge in [0.2, 0.25) is 0 Å². The van der Waals surface area contributed by atoms with Crippen molar-refractivity contribution in [2.75, 3.05) is 0 Å². The molecule has 0 aliphatic carbocycles. The number of allylic oxidation sites excluding steroid dienone is 1. The highest BCUT2D eigenvalue weighted by Gasteiger charge is 2.15. The zero-order valence-corrected chi connectivity index (χ0v) is 11.1. The van der Waals surface area contributed by atoms with E-state index < -0.39 is 10.1 Å². The molecule has 0 amide bonds. The topological polar surface area (TPSA) is 54.4 Å². The highest BCUT2D eigenvalue weighted by molar-refractivity contribution is 7.85. The van der Waals surface area contributed by atoms with E-state index in [1.807, 2.05) is 30.3 Å². The first-order valence-electron chi connectivity index (χ1n) is 5.77. The molecular weight excluding hydrogens is 260 g/mol. The first kappa shape index (κ1) is 13.5. The van der Waals surface area contributed by atoms with Gasteiger partial charge in [0.1, 0.15) is 0 Å². The van der Waals surface area contributed by atoms with E-state index in [-0.39, 0.29) is 4.90 Å². The quantitative estimate of drug-likeness (QED) is 0.871. The van der Waals surface area contributed by atoms with Crippen LogP contribution in [0.4, 0.5) is 0 Å². The first-order chi connectivity index (χ1) is 8.98. The first-order valence-corrected chi connectivity index (χ1v) is 7.21. The van der Waals surface area contributed by atoms with E-state index in [1.165, 1.54) is 6.07 Å². The average Bonchev–Trinajstić information content (AvgIpc) is 2.39. The van der Waals surface area contributed by atoms with Gasteiger partial charge in [0, 0.05) is 0 Å². The summed E-state index contributed by atoms with van der Waals surface area (Å²) in [5.74, 6) is 0. The summed E-state index contributed by atoms with van der Waals surface area (Å²) >= 11 is 0. The van der Waals surface area contributed by atoms with Crippen LogP contribution in [-0.2, 0) is 16.5 Å². The third-order valence-electron chi connectivity index (χ3n) is 2.84. The number of hydrogen-bond donors (Lipinski definition) is 1. The molecule has 2 aromatic carbocycles. The molecule has 2 aromatic rings. The molecule has 4 heteroatoms. The lowest BCUT2D eigenvalue weighted by molar-refractivity contribution is 0.482. The van der Waals surface area contributed by atoms with Crippen molar-refractivity contribution in [1.29, 1.82) is 0 Å². The highest BCUT2D eigenvalue weighted by Crippen LogP contribution is 2.22. The van der Waals surface area contributed by atoms with E-state index >= 15 is 0 Å². The molecule has 19 heavy (non-hydrogen) atoms. The number of rotatable bonds is 4. The van der Waals surface area contributed by atoms with Crippen LogP contribution in [-0.4, -0.2) is 13.0 Å². The summed E-state index contributed by atoms with van der Waals surface area (Å²) in [5, 5.41) is 0. The van der Waals surface area contributed by atoms with Crippen LogP contribution < -0.4 is 0 Å². The molecule has 0 heterocycles. The van der Waals surface area contributed by atoms with Crippen molar-refractivity contribution in [2.45, 2.75) is 11.3 Å². The van der Waals surface area contributed by atoms with Gasteiger partial charge < -0.3 is 0 Å². The summed E-state index contributed by atoms with van der Waals surface area (Å²) in [7, 11) is -4.20. The van der Waals surface area contributed by atoms with Gasteiger partial charge in [-0.15, -0.1) is 0 Å². The van der Waals surface area contributed by atoms with Crippen molar-refractivity contribution in [1.82, 2.24) is 0 Å². The minimum Gasteiger partial charge on any atom is -0.282 e. The summed E-state index contributed by atoms with van der Waals surface area (Å²) in [4.78, 5) is -0.0629. The van der Waals surface area contributed by atoms with Gasteiger partial charge in [-0.2, -0.15) is 8.42 Å². The Morgan fingerprint density at radius 2 is 1.58 bits per heavy atom. The summed E-state index contributed by atoms with van der Waals surface area (Å²) < 4.78 is 31.8. The summed E-state index contributed by atoms with van der Waals surface area (Å²) in [5.41, 5.74) is 2.29. The Labute approximate surface area is 113 Å². The molecule has 0 spiro atoms. The van der Waals surface area contributed by atoms with Gasteiger partial charge in [-0.05, 0) is 29.2 Å². The summed E-state index contributed by atoms with van der Waals surface area (Å²) in [6.45, 7) is 3.97. The fourth-order valence-corrected chi connectivity index (χ4v) is 2.63. The molecule has 0 aliphatic heterocycles. The molecular formula is C15H14O3S. The molecule has 0 saturated carbocycles. The van der Waals surface area contributed by atoms with E-state index in [1.54, 1.807) is 18.2 Å². The van der Waals surface area contributed by atoms with Crippen molar-refractivity contribution in [3.8, 4) is 0 Å². The zero-order valence-electron chi connectivity index (χ0n) is 10.3. The third-order valence-corrected chi connectivity index (χ3v) is 3.79. The van der Waals surface area contributed by atoms with E-state index in [0.29, 0.717) is 12.0 Å². The van der Waals surface area contributed by atoms with Crippen LogP contribution >= 0.6 is 0 Å². The van der Waals surface area contributed by atoms with Gasteiger partial charge >= 0.3 is 0 Å². The lowest BCUT2D eigenvalue weighted by Gasteiger charge is -2.09. The Hall–Kier alpha value is -1.91. The molecule has 2 rings (SSSR count). The van der Waals surface area contributed by atoms with Crippen LogP contribution in [0.1, 0.15) is 11.1 Å². The molecule has 0 unspecified atom stereocenters. The molecule has 0 aliphatic rings. The maximum Gasteiger partial charge on any atom is 0.294 e. The van der Waals surface area contributed by atoms with E-state index in [4.69, 9.17) is 0 Å². The second kappa shape index (κ2) is 5.38. The van der Waals surface area contributed by atoms with Crippen molar-refractivity contribution in [2.24, 2.45) is 0 Å². The Morgan fingerprint density at radius 1 is 1.00 bits per heavy atom. The molecule has 0 fully saturated rings. The second-order valence-corrected chi connectivity index (χ2v) is 5.62. The van der Waals surface area contributed by atoms with Crippen LogP contribution in [0.2, 0.25) is 0 Å². The van der Waals surface area contributed by atoms with Gasteiger partial charge in [0.25, 0.3) is 10.1 Å². The van der Waals surface area contributed by atoms with E-state index in [2.05, 4.69) is 6.58 Å². The zero-order chi connectivity index (χ0) is 13.9. The molecule has 0 atom stereocenters. The minimum atomic E-state index is -4.20. The van der Waals surface area contributed by atoms with Gasteiger partial charge in [-0.1, -0.05) is 55.1 Å². The van der Waals surface area contributed by atoms with Crippen LogP contribution in [0, 0.1) is 0 Å². The highest BCUT2D eigenvalue weighted by atomic mass is 32.2. The number of benzene rings is 2. The fraction of sp³-hybridized carbons (Fsp3) is 0.0667. The van der Waals surface area contributed by atoms with Gasteiger partial charge in [0.05, 0.1) is 4.90 Å². The predicted octanol–water partition coefficient (Wildman–Crippen LogP) is 3.19. The summed E-state index contributed by atoms with van der Waals surface area (Å²) in [6, 6.07) is 15.9. The van der Waals surface area contributed by atoms with Crippen molar-refractivity contribution in [3.05, 3.63) is 72.3 Å². The normalized spacial score (nSPS) is 11.2. The maximum atomic E-state index is 11.3. The summed E-state index contributed by atoms with van der Waals surface area (Å²) in [6.07, 6.45) is 0.375. The smallest absolute Gasteiger partial charge is 0.282 e. The van der Waals surface area contributed by atoms with Crippen LogP contribution in [0.3, 0.4) is 0 Å². The Kier molecular flexibility index (Phi) is 3.83. The Morgan fingerprint density at radius 3 is 2.21 bits per heavy atom. The van der Waals surface area contributed by atoms with Crippen LogP contribution in [0.15, 0.2) is 66.1 Å². The van der Waals surface area contributed by atoms with Crippen LogP contribution in [0.25, 0.3) is 5.57 Å². The monoisotopic (exact) mass is 274 g/mol. The minimum absolute atomic E-state index is 0.0629. The fourth-order valence-electron chi connectivity index (χ4n) is 1.91. The average molecular weight is 274 g/mol. The van der Waals surface area contributed by atoms with Crippen molar-refractivity contribution < 1.29 is 13.0 Å². The van der Waals surface area contributed by atoms with Gasteiger partial charge in [0.15, 0.2) is 0 Å². The third kappa shape index (κ3) is 3.30. The van der Waals surface area contributed by atoms with Crippen LogP contribution in [0.5, 0.6) is 0 Å². The molecule has 0 bridgehead atoms. The molecule has 0 saturated heterocycles. The Balaban J connectivity index is 2.33. The van der Waals surface area contributed by atoms with Crippen molar-refractivity contribution >= 4 is 15.7 Å². The van der Waals surface area contributed by atoms with Gasteiger partial charge in [-0.25, -0.2) is 0 Å². The second-order valence-electron chi connectivity index (χ2n) is 4.23. The van der Waals surface area contributed by atoms with E-state index in [0.717, 1.165) is 11.1 Å². The molecule has 3 nitrogen and oxygen atoms in total. The van der Waals surface area contributed by atoms with E-state index in [9.17, 15) is 13.0 Å². The molecule has 98 valence electrons. The SMILES string of the molecule is C=C(Cc1ccccc1S(=O)(=O)O)c1ccccc1. The lowest BCUT2D eigenvalue weighted by Crippen LogP contribution is -2.03. The molecule has 0 aromatic heterocycles. The lowest BCUT2D eigenvalue weighted by atomic mass is 10.00. The molecule has 1 N–H and O–H groups in total. The standard InChI is InChI=1S/C15H14O3S/c1-12(13-7-3-2-4-8-13)11-14-9-5-6-10-15(14)19(16,17)18/h2-10H,1,11H2,(H,16,17,18). The van der Waals surface area contributed by atoms with Crippen molar-refractivity contribution in [3.63, 3.8) is 0 Å². The van der Waals surface area contributed by atoms with Gasteiger partial charge in [-0.3, -0.25) is 4.55 Å². The Bertz CT molecular complexity index is 688. The largest absolute Gasteiger partial charge is 0.294 e. The molecule has 0 radical (unpaired) electrons. The maximum absolute atomic E-state index is 11.3.